The van der Waals surface area contributed by atoms with Gasteiger partial charge in [-0.1, -0.05) is 18.6 Å². The number of carbonyl (C=O) groups excluding carboxylic acids is 2. The third-order valence-corrected chi connectivity index (χ3v) is 6.20. The van der Waals surface area contributed by atoms with E-state index in [4.69, 9.17) is 13.9 Å². The van der Waals surface area contributed by atoms with Crippen molar-refractivity contribution >= 4 is 39.2 Å². The number of esters is 1. The van der Waals surface area contributed by atoms with Gasteiger partial charge < -0.3 is 19.2 Å². The molecule has 1 aromatic carbocycles. The van der Waals surface area contributed by atoms with Crippen molar-refractivity contribution in [2.45, 2.75) is 32.1 Å². The van der Waals surface area contributed by atoms with E-state index in [0.29, 0.717) is 21.9 Å². The van der Waals surface area contributed by atoms with E-state index < -0.39 is 11.9 Å². The Kier molecular flexibility index (Phi) is 5.09. The van der Waals surface area contributed by atoms with Gasteiger partial charge in [-0.2, -0.15) is 0 Å². The molecule has 1 aliphatic carbocycles. The van der Waals surface area contributed by atoms with Gasteiger partial charge in [-0.25, -0.2) is 4.79 Å². The van der Waals surface area contributed by atoms with E-state index in [1.165, 1.54) is 18.4 Å². The van der Waals surface area contributed by atoms with E-state index in [0.717, 1.165) is 47.9 Å². The Balaban J connectivity index is 1.69. The lowest BCUT2D eigenvalue weighted by atomic mass is 10.1. The van der Waals surface area contributed by atoms with Crippen LogP contribution in [0.2, 0.25) is 0 Å². The molecule has 6 nitrogen and oxygen atoms in total. The number of ether oxygens (including phenoxy) is 2. The quantitative estimate of drug-likeness (QED) is 0.503. The highest BCUT2D eigenvalue weighted by molar-refractivity contribution is 7.17. The topological polar surface area (TPSA) is 77.8 Å². The highest BCUT2D eigenvalue weighted by atomic mass is 32.1. The standard InChI is InChI=1S/C21H21NO5S/c1-25-14-9-6-7-12-11-15(27-18(12)14)19(23)22-20-17(21(24)26-2)13-8-4-3-5-10-16(13)28-20/h6-7,9,11H,3-5,8,10H2,1-2H3,(H,22,23). The molecule has 1 amide bonds. The Bertz CT molecular complexity index is 1050. The van der Waals surface area contributed by atoms with Crippen molar-refractivity contribution < 1.29 is 23.5 Å². The van der Waals surface area contributed by atoms with E-state index >= 15 is 0 Å². The van der Waals surface area contributed by atoms with Crippen molar-refractivity contribution in [1.29, 1.82) is 0 Å². The Hall–Kier alpha value is -2.80. The van der Waals surface area contributed by atoms with Crippen molar-refractivity contribution in [3.8, 4) is 5.75 Å². The molecule has 0 saturated carbocycles. The molecule has 1 N–H and O–H groups in total. The predicted molar refractivity (Wildman–Crippen MR) is 108 cm³/mol. The molecule has 7 heteroatoms. The van der Waals surface area contributed by atoms with Gasteiger partial charge in [0.25, 0.3) is 5.91 Å². The number of nitrogens with one attached hydrogen (secondary N) is 1. The zero-order chi connectivity index (χ0) is 19.7. The summed E-state index contributed by atoms with van der Waals surface area (Å²) in [6.45, 7) is 0. The number of rotatable bonds is 4. The van der Waals surface area contributed by atoms with Crippen molar-refractivity contribution in [3.05, 3.63) is 46.0 Å². The molecule has 0 unspecified atom stereocenters. The van der Waals surface area contributed by atoms with Crippen LogP contribution in [0.15, 0.2) is 28.7 Å². The normalized spacial score (nSPS) is 13.6. The largest absolute Gasteiger partial charge is 0.493 e. The van der Waals surface area contributed by atoms with Crippen LogP contribution in [0.25, 0.3) is 11.0 Å². The Morgan fingerprint density at radius 1 is 1.14 bits per heavy atom. The van der Waals surface area contributed by atoms with Crippen molar-refractivity contribution in [2.75, 3.05) is 19.5 Å². The number of hydrogen-bond donors (Lipinski definition) is 1. The zero-order valence-corrected chi connectivity index (χ0v) is 16.6. The average Bonchev–Trinajstić information content (AvgIpc) is 3.21. The summed E-state index contributed by atoms with van der Waals surface area (Å²) in [5, 5.41) is 4.16. The third-order valence-electron chi connectivity index (χ3n) is 4.99. The van der Waals surface area contributed by atoms with Crippen molar-refractivity contribution in [3.63, 3.8) is 0 Å². The molecule has 0 atom stereocenters. The first-order chi connectivity index (χ1) is 13.6. The number of para-hydroxylation sites is 1. The summed E-state index contributed by atoms with van der Waals surface area (Å²) < 4.78 is 16.0. The summed E-state index contributed by atoms with van der Waals surface area (Å²) in [6.07, 6.45) is 5.01. The number of thiophene rings is 1. The van der Waals surface area contributed by atoms with Crippen LogP contribution in [0.4, 0.5) is 5.00 Å². The van der Waals surface area contributed by atoms with Crippen LogP contribution in [0.3, 0.4) is 0 Å². The highest BCUT2D eigenvalue weighted by Gasteiger charge is 2.27. The number of aryl methyl sites for hydroxylation is 1. The summed E-state index contributed by atoms with van der Waals surface area (Å²) in [4.78, 5) is 26.4. The minimum absolute atomic E-state index is 0.166. The second kappa shape index (κ2) is 7.67. The molecule has 0 spiro atoms. The van der Waals surface area contributed by atoms with E-state index in [-0.39, 0.29) is 5.76 Å². The van der Waals surface area contributed by atoms with Crippen molar-refractivity contribution in [1.82, 2.24) is 0 Å². The second-order valence-electron chi connectivity index (χ2n) is 6.70. The summed E-state index contributed by atoms with van der Waals surface area (Å²) in [5.41, 5.74) is 2.01. The fourth-order valence-corrected chi connectivity index (χ4v) is 4.89. The van der Waals surface area contributed by atoms with Crippen LogP contribution in [0.5, 0.6) is 5.75 Å². The third kappa shape index (κ3) is 3.26. The van der Waals surface area contributed by atoms with E-state index in [1.54, 1.807) is 19.2 Å². The number of benzene rings is 1. The molecule has 0 saturated heterocycles. The molecule has 146 valence electrons. The summed E-state index contributed by atoms with van der Waals surface area (Å²) in [6, 6.07) is 7.14. The molecule has 2 heterocycles. The van der Waals surface area contributed by atoms with Gasteiger partial charge in [0.15, 0.2) is 17.1 Å². The van der Waals surface area contributed by atoms with Crippen molar-refractivity contribution in [2.24, 2.45) is 0 Å². The Morgan fingerprint density at radius 3 is 2.75 bits per heavy atom. The molecule has 4 rings (SSSR count). The first kappa shape index (κ1) is 18.6. The number of furan rings is 1. The van der Waals surface area contributed by atoms with Crippen LogP contribution < -0.4 is 10.1 Å². The number of methoxy groups -OCH3 is 2. The number of amides is 1. The SMILES string of the molecule is COC(=O)c1c(NC(=O)c2cc3cccc(OC)c3o2)sc2c1CCCCC2. The van der Waals surface area contributed by atoms with Crippen LogP contribution in [0, 0.1) is 0 Å². The first-order valence-corrected chi connectivity index (χ1v) is 10.0. The summed E-state index contributed by atoms with van der Waals surface area (Å²) in [5.74, 6) is -0.0886. The Morgan fingerprint density at radius 2 is 1.96 bits per heavy atom. The molecule has 0 radical (unpaired) electrons. The van der Waals surface area contributed by atoms with E-state index in [1.807, 2.05) is 12.1 Å². The zero-order valence-electron chi connectivity index (χ0n) is 15.8. The van der Waals surface area contributed by atoms with Gasteiger partial charge in [-0.15, -0.1) is 11.3 Å². The second-order valence-corrected chi connectivity index (χ2v) is 7.81. The van der Waals surface area contributed by atoms with Gasteiger partial charge >= 0.3 is 5.97 Å². The molecular weight excluding hydrogens is 378 g/mol. The average molecular weight is 399 g/mol. The maximum absolute atomic E-state index is 12.8. The van der Waals surface area contributed by atoms with Gasteiger partial charge in [-0.3, -0.25) is 4.79 Å². The lowest BCUT2D eigenvalue weighted by molar-refractivity contribution is 0.0601. The minimum Gasteiger partial charge on any atom is -0.493 e. The van der Waals surface area contributed by atoms with Crippen LogP contribution in [0.1, 0.15) is 50.6 Å². The molecule has 2 aromatic heterocycles. The maximum Gasteiger partial charge on any atom is 0.341 e. The first-order valence-electron chi connectivity index (χ1n) is 9.23. The van der Waals surface area contributed by atoms with Crippen LogP contribution in [-0.2, 0) is 17.6 Å². The molecule has 0 fully saturated rings. The summed E-state index contributed by atoms with van der Waals surface area (Å²) in [7, 11) is 2.92. The van der Waals surface area contributed by atoms with Gasteiger partial charge in [-0.05, 0) is 43.4 Å². The monoisotopic (exact) mass is 399 g/mol. The fraction of sp³-hybridized carbons (Fsp3) is 0.333. The number of hydrogen-bond acceptors (Lipinski definition) is 6. The lowest BCUT2D eigenvalue weighted by Gasteiger charge is -2.06. The summed E-state index contributed by atoms with van der Waals surface area (Å²) >= 11 is 1.46. The van der Waals surface area contributed by atoms with Gasteiger partial charge in [0.2, 0.25) is 0 Å². The smallest absolute Gasteiger partial charge is 0.341 e. The number of carbonyl (C=O) groups is 2. The maximum atomic E-state index is 12.8. The van der Waals surface area contributed by atoms with Crippen LogP contribution >= 0.6 is 11.3 Å². The molecule has 3 aromatic rings. The number of fused-ring (bicyclic) bond motifs is 2. The van der Waals surface area contributed by atoms with Gasteiger partial charge in [0.05, 0.1) is 19.8 Å². The molecule has 0 bridgehead atoms. The highest BCUT2D eigenvalue weighted by Crippen LogP contribution is 2.38. The molecule has 28 heavy (non-hydrogen) atoms. The fourth-order valence-electron chi connectivity index (χ4n) is 3.62. The van der Waals surface area contributed by atoms with Gasteiger partial charge in [0, 0.05) is 10.3 Å². The minimum atomic E-state index is -0.416. The predicted octanol–water partition coefficient (Wildman–Crippen LogP) is 4.81. The molecule has 1 aliphatic rings. The van der Waals surface area contributed by atoms with E-state index in [2.05, 4.69) is 5.32 Å². The number of anilines is 1. The van der Waals surface area contributed by atoms with Gasteiger partial charge in [0.1, 0.15) is 5.00 Å². The molecular formula is C21H21NO5S. The van der Waals surface area contributed by atoms with E-state index in [9.17, 15) is 9.59 Å². The van der Waals surface area contributed by atoms with Crippen LogP contribution in [-0.4, -0.2) is 26.1 Å². The Labute approximate surface area is 166 Å². The molecule has 0 aliphatic heterocycles. The lowest BCUT2D eigenvalue weighted by Crippen LogP contribution is -2.14.